The van der Waals surface area contributed by atoms with E-state index in [4.69, 9.17) is 5.73 Å². The van der Waals surface area contributed by atoms with E-state index in [0.29, 0.717) is 5.56 Å². The van der Waals surface area contributed by atoms with Crippen molar-refractivity contribution in [1.29, 1.82) is 0 Å². The third-order valence-electron chi connectivity index (χ3n) is 4.06. The fraction of sp³-hybridized carbons (Fsp3) is 0.111. The summed E-state index contributed by atoms with van der Waals surface area (Å²) >= 11 is 0. The number of aromatic nitrogens is 2. The number of aromatic amines is 1. The molecule has 10 heteroatoms. The lowest BCUT2D eigenvalue weighted by molar-refractivity contribution is -0.140. The molecule has 28 heavy (non-hydrogen) atoms. The first kappa shape index (κ1) is 19.6. The number of halogens is 3. The zero-order valence-electron chi connectivity index (χ0n) is 14.4. The van der Waals surface area contributed by atoms with Crippen LogP contribution in [0, 0.1) is 0 Å². The van der Waals surface area contributed by atoms with Crippen molar-refractivity contribution < 1.29 is 26.4 Å². The van der Waals surface area contributed by atoms with Crippen LogP contribution in [0.4, 0.5) is 13.2 Å². The Hall–Kier alpha value is -3.14. The third-order valence-corrected chi connectivity index (χ3v) is 5.19. The van der Waals surface area contributed by atoms with E-state index in [1.807, 2.05) is 5.10 Å². The molecule has 3 rings (SSSR count). The molecule has 2 aromatic carbocycles. The molecular formula is C18H14F3N3O3S. The van der Waals surface area contributed by atoms with Crippen LogP contribution < -0.4 is 5.73 Å². The molecule has 0 unspecified atom stereocenters. The van der Waals surface area contributed by atoms with Gasteiger partial charge in [0.15, 0.2) is 9.84 Å². The van der Waals surface area contributed by atoms with E-state index in [2.05, 4.69) is 5.10 Å². The highest BCUT2D eigenvalue weighted by Crippen LogP contribution is 2.41. The maximum atomic E-state index is 13.5. The van der Waals surface area contributed by atoms with Crippen LogP contribution in [0.3, 0.4) is 0 Å². The summed E-state index contributed by atoms with van der Waals surface area (Å²) in [5.74, 6) is -0.702. The Morgan fingerprint density at radius 1 is 1.00 bits per heavy atom. The number of benzene rings is 2. The van der Waals surface area contributed by atoms with Crippen molar-refractivity contribution in [3.63, 3.8) is 0 Å². The number of rotatable bonds is 4. The van der Waals surface area contributed by atoms with E-state index >= 15 is 0 Å². The second-order valence-corrected chi connectivity index (χ2v) is 8.07. The molecule has 3 N–H and O–H groups in total. The van der Waals surface area contributed by atoms with Crippen LogP contribution in [0.5, 0.6) is 0 Å². The molecule has 0 fully saturated rings. The molecule has 0 spiro atoms. The Labute approximate surface area is 158 Å². The van der Waals surface area contributed by atoms with Crippen molar-refractivity contribution in [2.24, 2.45) is 5.73 Å². The van der Waals surface area contributed by atoms with E-state index in [0.717, 1.165) is 6.26 Å². The quantitative estimate of drug-likeness (QED) is 0.690. The molecule has 0 aliphatic carbocycles. The first-order chi connectivity index (χ1) is 13.0. The molecular weight excluding hydrogens is 395 g/mol. The highest BCUT2D eigenvalue weighted by molar-refractivity contribution is 7.90. The van der Waals surface area contributed by atoms with Gasteiger partial charge in [-0.3, -0.25) is 9.89 Å². The maximum absolute atomic E-state index is 13.5. The number of alkyl halides is 3. The van der Waals surface area contributed by atoms with E-state index in [1.54, 1.807) is 0 Å². The second kappa shape index (κ2) is 6.79. The first-order valence-corrected chi connectivity index (χ1v) is 9.74. The van der Waals surface area contributed by atoms with Crippen LogP contribution in [0.1, 0.15) is 16.1 Å². The molecule has 0 atom stereocenters. The van der Waals surface area contributed by atoms with Gasteiger partial charge in [-0.05, 0) is 29.8 Å². The van der Waals surface area contributed by atoms with Gasteiger partial charge in [0.05, 0.1) is 4.90 Å². The molecule has 0 radical (unpaired) electrons. The van der Waals surface area contributed by atoms with Gasteiger partial charge in [-0.25, -0.2) is 8.42 Å². The molecule has 0 saturated carbocycles. The summed E-state index contributed by atoms with van der Waals surface area (Å²) in [7, 11) is -3.45. The molecule has 3 aromatic rings. The van der Waals surface area contributed by atoms with Crippen LogP contribution in [-0.4, -0.2) is 30.8 Å². The summed E-state index contributed by atoms with van der Waals surface area (Å²) < 4.78 is 63.6. The highest BCUT2D eigenvalue weighted by atomic mass is 32.2. The van der Waals surface area contributed by atoms with Crippen molar-refractivity contribution in [2.75, 3.05) is 6.26 Å². The minimum atomic E-state index is -4.70. The summed E-state index contributed by atoms with van der Waals surface area (Å²) in [5, 5.41) is 5.80. The summed E-state index contributed by atoms with van der Waals surface area (Å²) in [5.41, 5.74) is 4.52. The molecule has 0 aliphatic rings. The molecule has 0 saturated heterocycles. The number of hydrogen-bond acceptors (Lipinski definition) is 4. The fourth-order valence-corrected chi connectivity index (χ4v) is 3.33. The number of carbonyl (C=O) groups excluding carboxylic acids is 1. The lowest BCUT2D eigenvalue weighted by Gasteiger charge is -2.10. The summed E-state index contributed by atoms with van der Waals surface area (Å²) in [6.07, 6.45) is -3.67. The van der Waals surface area contributed by atoms with E-state index in [9.17, 15) is 26.4 Å². The van der Waals surface area contributed by atoms with Gasteiger partial charge in [0.2, 0.25) is 5.91 Å². The van der Waals surface area contributed by atoms with Gasteiger partial charge in [0.1, 0.15) is 11.4 Å². The van der Waals surface area contributed by atoms with Crippen molar-refractivity contribution in [1.82, 2.24) is 10.2 Å². The minimum absolute atomic E-state index is 0.000740. The Morgan fingerprint density at radius 3 is 2.00 bits per heavy atom. The number of nitrogens with zero attached hydrogens (tertiary/aromatic N) is 1. The van der Waals surface area contributed by atoms with Crippen LogP contribution in [0.15, 0.2) is 53.4 Å². The smallest absolute Gasteiger partial charge is 0.366 e. The number of amides is 1. The minimum Gasteiger partial charge on any atom is -0.366 e. The average Bonchev–Trinajstić information content (AvgIpc) is 3.06. The molecule has 0 bridgehead atoms. The monoisotopic (exact) mass is 409 g/mol. The first-order valence-electron chi connectivity index (χ1n) is 7.85. The lowest BCUT2D eigenvalue weighted by Crippen LogP contribution is -2.10. The van der Waals surface area contributed by atoms with Crippen molar-refractivity contribution in [3.8, 4) is 22.4 Å². The molecule has 1 aromatic heterocycles. The van der Waals surface area contributed by atoms with Gasteiger partial charge in [-0.1, -0.05) is 24.3 Å². The summed E-state index contributed by atoms with van der Waals surface area (Å²) in [4.78, 5) is 11.2. The molecule has 0 aliphatic heterocycles. The summed E-state index contributed by atoms with van der Waals surface area (Å²) in [6.45, 7) is 0. The van der Waals surface area contributed by atoms with E-state index < -0.39 is 27.6 Å². The van der Waals surface area contributed by atoms with Crippen LogP contribution in [0.2, 0.25) is 0 Å². The van der Waals surface area contributed by atoms with Crippen LogP contribution in [0.25, 0.3) is 22.4 Å². The van der Waals surface area contributed by atoms with Crippen LogP contribution >= 0.6 is 0 Å². The predicted octanol–water partition coefficient (Wildman–Crippen LogP) is 3.26. The Balaban J connectivity index is 2.18. The topological polar surface area (TPSA) is 106 Å². The number of carbonyl (C=O) groups is 1. The third kappa shape index (κ3) is 3.77. The number of hydrogen-bond donors (Lipinski definition) is 2. The van der Waals surface area contributed by atoms with Crippen molar-refractivity contribution >= 4 is 15.7 Å². The Kier molecular flexibility index (Phi) is 4.76. The van der Waals surface area contributed by atoms with Gasteiger partial charge in [0.25, 0.3) is 0 Å². The average molecular weight is 409 g/mol. The zero-order chi connectivity index (χ0) is 20.7. The normalized spacial score (nSPS) is 12.1. The van der Waals surface area contributed by atoms with Gasteiger partial charge in [-0.2, -0.15) is 18.3 Å². The largest absolute Gasteiger partial charge is 0.433 e. The van der Waals surface area contributed by atoms with Gasteiger partial charge in [0, 0.05) is 22.9 Å². The number of primary amides is 1. The Bertz CT molecular complexity index is 1130. The van der Waals surface area contributed by atoms with Crippen LogP contribution in [-0.2, 0) is 16.0 Å². The van der Waals surface area contributed by atoms with E-state index in [1.165, 1.54) is 48.5 Å². The molecule has 1 heterocycles. The fourth-order valence-electron chi connectivity index (χ4n) is 2.70. The van der Waals surface area contributed by atoms with E-state index in [-0.39, 0.29) is 27.3 Å². The lowest BCUT2D eigenvalue weighted by atomic mass is 9.97. The van der Waals surface area contributed by atoms with Gasteiger partial charge < -0.3 is 5.73 Å². The standard InChI is InChI=1S/C18H14F3N3O3S/c1-28(26,27)13-8-6-11(7-9-13)15-14(16(24-23-15)18(19,20)21)10-2-4-12(5-3-10)17(22)25/h2-9H,1H3,(H2,22,25)(H,23,24). The predicted molar refractivity (Wildman–Crippen MR) is 96.1 cm³/mol. The van der Waals surface area contributed by atoms with Crippen molar-refractivity contribution in [3.05, 3.63) is 59.8 Å². The zero-order valence-corrected chi connectivity index (χ0v) is 15.2. The molecule has 6 nitrogen and oxygen atoms in total. The van der Waals surface area contributed by atoms with Gasteiger partial charge >= 0.3 is 6.18 Å². The highest BCUT2D eigenvalue weighted by Gasteiger charge is 2.38. The Morgan fingerprint density at radius 2 is 1.54 bits per heavy atom. The van der Waals surface area contributed by atoms with Crippen molar-refractivity contribution in [2.45, 2.75) is 11.1 Å². The summed E-state index contributed by atoms with van der Waals surface area (Å²) in [6, 6.07) is 10.7. The number of sulfone groups is 1. The number of nitrogens with one attached hydrogen (secondary N) is 1. The number of nitrogens with two attached hydrogens (primary N) is 1. The van der Waals surface area contributed by atoms with Gasteiger partial charge in [-0.15, -0.1) is 0 Å². The number of H-pyrrole nitrogens is 1. The second-order valence-electron chi connectivity index (χ2n) is 6.06. The molecule has 1 amide bonds. The molecule has 146 valence electrons. The maximum Gasteiger partial charge on any atom is 0.433 e. The SMILES string of the molecule is CS(=O)(=O)c1ccc(-c2n[nH]c(C(F)(F)F)c2-c2ccc(C(N)=O)cc2)cc1.